The third-order valence-corrected chi connectivity index (χ3v) is 3.99. The van der Waals surface area contributed by atoms with Gasteiger partial charge in [-0.15, -0.1) is 0 Å². The molecule has 0 saturated carbocycles. The van der Waals surface area contributed by atoms with Crippen molar-refractivity contribution in [3.63, 3.8) is 0 Å². The molecule has 2 saturated heterocycles. The number of phenolic OH excluding ortho intramolecular Hbond substituents is 1. The molecular weight excluding hydrogens is 292 g/mol. The number of nitrogens with zero attached hydrogens (tertiary/aromatic N) is 1. The molecule has 0 aromatic heterocycles. The Morgan fingerprint density at radius 1 is 1.18 bits per heavy atom. The maximum Gasteiger partial charge on any atom is 0.258 e. The second-order valence-electron chi connectivity index (χ2n) is 5.17. The highest BCUT2D eigenvalue weighted by Crippen LogP contribution is 2.45. The molecule has 2 aliphatic rings. The molecule has 2 N–H and O–H groups in total. The van der Waals surface area contributed by atoms with E-state index in [-0.39, 0.29) is 23.2 Å². The van der Waals surface area contributed by atoms with E-state index in [1.807, 2.05) is 0 Å². The highest BCUT2D eigenvalue weighted by atomic mass is 16.7. The average molecular weight is 308 g/mol. The van der Waals surface area contributed by atoms with Gasteiger partial charge in [0, 0.05) is 7.05 Å². The Balaban J connectivity index is 2.06. The summed E-state index contributed by atoms with van der Waals surface area (Å²) in [6.45, 7) is 0. The topological polar surface area (TPSA) is 97.3 Å². The SMILES string of the molecule is COc1cc(C2C3C(=O)NC(=O)C3ON2C)cc(OC)c1O. The number of hydrogen-bond donors (Lipinski definition) is 2. The number of phenols is 1. The second kappa shape index (κ2) is 5.15. The summed E-state index contributed by atoms with van der Waals surface area (Å²) in [5.74, 6) is -1.17. The zero-order valence-corrected chi connectivity index (χ0v) is 12.3. The first-order chi connectivity index (χ1) is 10.5. The minimum absolute atomic E-state index is 0.126. The number of carbonyl (C=O) groups excluding carboxylic acids is 2. The van der Waals surface area contributed by atoms with Crippen LogP contribution in [-0.2, 0) is 14.4 Å². The molecule has 2 heterocycles. The molecule has 3 unspecified atom stereocenters. The van der Waals surface area contributed by atoms with Crippen LogP contribution in [0.2, 0.25) is 0 Å². The molecule has 8 heteroatoms. The Hall–Kier alpha value is -2.32. The predicted molar refractivity (Wildman–Crippen MR) is 73.2 cm³/mol. The Labute approximate surface area is 126 Å². The van der Waals surface area contributed by atoms with Crippen LogP contribution in [-0.4, -0.2) is 49.4 Å². The monoisotopic (exact) mass is 308 g/mol. The van der Waals surface area contributed by atoms with E-state index in [2.05, 4.69) is 5.32 Å². The maximum absolute atomic E-state index is 12.0. The number of rotatable bonds is 3. The highest BCUT2D eigenvalue weighted by Gasteiger charge is 2.55. The summed E-state index contributed by atoms with van der Waals surface area (Å²) in [6, 6.07) is 2.71. The van der Waals surface area contributed by atoms with Crippen LogP contribution in [0.4, 0.5) is 0 Å². The molecule has 0 bridgehead atoms. The number of imide groups is 1. The minimum Gasteiger partial charge on any atom is -0.502 e. The number of carbonyl (C=O) groups is 2. The number of hydroxylamine groups is 2. The van der Waals surface area contributed by atoms with Gasteiger partial charge < -0.3 is 14.6 Å². The van der Waals surface area contributed by atoms with Gasteiger partial charge in [0.2, 0.25) is 11.7 Å². The molecule has 2 fully saturated rings. The van der Waals surface area contributed by atoms with Crippen molar-refractivity contribution >= 4 is 11.8 Å². The first-order valence-electron chi connectivity index (χ1n) is 6.67. The van der Waals surface area contributed by atoms with E-state index in [0.717, 1.165) is 0 Å². The Kier molecular flexibility index (Phi) is 3.42. The summed E-state index contributed by atoms with van der Waals surface area (Å²) in [5.41, 5.74) is 0.645. The van der Waals surface area contributed by atoms with E-state index in [0.29, 0.717) is 5.56 Å². The number of benzene rings is 1. The van der Waals surface area contributed by atoms with Crippen LogP contribution in [0.25, 0.3) is 0 Å². The predicted octanol–water partition coefficient (Wildman–Crippen LogP) is -0.0313. The van der Waals surface area contributed by atoms with Gasteiger partial charge in [-0.1, -0.05) is 0 Å². The van der Waals surface area contributed by atoms with Crippen LogP contribution in [0, 0.1) is 5.92 Å². The van der Waals surface area contributed by atoms with E-state index >= 15 is 0 Å². The summed E-state index contributed by atoms with van der Waals surface area (Å²) in [6.07, 6.45) is -0.840. The Bertz CT molecular complexity index is 621. The number of fused-ring (bicyclic) bond motifs is 1. The van der Waals surface area contributed by atoms with Crippen molar-refractivity contribution in [3.8, 4) is 17.2 Å². The van der Waals surface area contributed by atoms with Crippen molar-refractivity contribution in [2.75, 3.05) is 21.3 Å². The van der Waals surface area contributed by atoms with Crippen molar-refractivity contribution in [2.45, 2.75) is 12.1 Å². The lowest BCUT2D eigenvalue weighted by atomic mass is 9.90. The van der Waals surface area contributed by atoms with Gasteiger partial charge in [0.15, 0.2) is 17.6 Å². The van der Waals surface area contributed by atoms with Gasteiger partial charge in [-0.3, -0.25) is 19.7 Å². The van der Waals surface area contributed by atoms with Gasteiger partial charge in [0.1, 0.15) is 0 Å². The van der Waals surface area contributed by atoms with E-state index in [9.17, 15) is 14.7 Å². The summed E-state index contributed by atoms with van der Waals surface area (Å²) in [7, 11) is 4.48. The number of methoxy groups -OCH3 is 2. The number of nitrogens with one attached hydrogen (secondary N) is 1. The summed E-state index contributed by atoms with van der Waals surface area (Å²) >= 11 is 0. The maximum atomic E-state index is 12.0. The van der Waals surface area contributed by atoms with Gasteiger partial charge in [0.25, 0.3) is 5.91 Å². The minimum atomic E-state index is -0.840. The van der Waals surface area contributed by atoms with Gasteiger partial charge in [-0.2, -0.15) is 5.06 Å². The molecule has 0 radical (unpaired) electrons. The third-order valence-electron chi connectivity index (χ3n) is 3.99. The van der Waals surface area contributed by atoms with Crippen LogP contribution in [0.15, 0.2) is 12.1 Å². The number of hydrogen-bond acceptors (Lipinski definition) is 7. The molecule has 3 atom stereocenters. The molecule has 2 amide bonds. The largest absolute Gasteiger partial charge is 0.502 e. The molecule has 118 valence electrons. The zero-order chi connectivity index (χ0) is 16.0. The Morgan fingerprint density at radius 2 is 1.77 bits per heavy atom. The lowest BCUT2D eigenvalue weighted by Crippen LogP contribution is -2.31. The van der Waals surface area contributed by atoms with E-state index < -0.39 is 24.0 Å². The van der Waals surface area contributed by atoms with Crippen LogP contribution in [0.3, 0.4) is 0 Å². The van der Waals surface area contributed by atoms with Crippen molar-refractivity contribution in [3.05, 3.63) is 17.7 Å². The third kappa shape index (κ3) is 1.99. The molecule has 2 aliphatic heterocycles. The van der Waals surface area contributed by atoms with Crippen molar-refractivity contribution in [1.82, 2.24) is 10.4 Å². The molecule has 22 heavy (non-hydrogen) atoms. The van der Waals surface area contributed by atoms with Crippen LogP contribution < -0.4 is 14.8 Å². The zero-order valence-electron chi connectivity index (χ0n) is 12.3. The fourth-order valence-electron chi connectivity index (χ4n) is 2.97. The van der Waals surface area contributed by atoms with Crippen molar-refractivity contribution in [1.29, 1.82) is 0 Å². The highest BCUT2D eigenvalue weighted by molar-refractivity contribution is 6.07. The number of ether oxygens (including phenoxy) is 2. The standard InChI is InChI=1S/C14H16N2O6/c1-16-10(9-12(22-16)14(19)15-13(9)18)6-4-7(20-2)11(17)8(5-6)21-3/h4-5,9-10,12,17H,1-3H3,(H,15,18,19). The van der Waals surface area contributed by atoms with Gasteiger partial charge in [-0.05, 0) is 17.7 Å². The van der Waals surface area contributed by atoms with Crippen molar-refractivity contribution < 1.29 is 29.0 Å². The van der Waals surface area contributed by atoms with Crippen LogP contribution >= 0.6 is 0 Å². The van der Waals surface area contributed by atoms with Crippen molar-refractivity contribution in [2.24, 2.45) is 5.92 Å². The Morgan fingerprint density at radius 3 is 2.32 bits per heavy atom. The first-order valence-corrected chi connectivity index (χ1v) is 6.67. The summed E-state index contributed by atoms with van der Waals surface area (Å²) < 4.78 is 10.3. The molecule has 3 rings (SSSR count). The quantitative estimate of drug-likeness (QED) is 0.757. The molecule has 0 aliphatic carbocycles. The van der Waals surface area contributed by atoms with Gasteiger partial charge in [-0.25, -0.2) is 0 Å². The average Bonchev–Trinajstić information content (AvgIpc) is 2.97. The van der Waals surface area contributed by atoms with Gasteiger partial charge in [0.05, 0.1) is 26.2 Å². The molecule has 0 spiro atoms. The smallest absolute Gasteiger partial charge is 0.258 e. The normalized spacial score (nSPS) is 27.7. The molecule has 1 aromatic rings. The first kappa shape index (κ1) is 14.6. The fourth-order valence-corrected chi connectivity index (χ4v) is 2.97. The fraction of sp³-hybridized carbons (Fsp3) is 0.429. The van der Waals surface area contributed by atoms with Gasteiger partial charge >= 0.3 is 0 Å². The number of aromatic hydroxyl groups is 1. The molecular formula is C14H16N2O6. The van der Waals surface area contributed by atoms with E-state index in [1.54, 1.807) is 19.2 Å². The number of amides is 2. The molecule has 1 aromatic carbocycles. The second-order valence-corrected chi connectivity index (χ2v) is 5.17. The van der Waals surface area contributed by atoms with E-state index in [4.69, 9.17) is 14.3 Å². The lowest BCUT2D eigenvalue weighted by molar-refractivity contribution is -0.162. The summed E-state index contributed by atoms with van der Waals surface area (Å²) in [5, 5.41) is 13.7. The molecule has 8 nitrogen and oxygen atoms in total. The lowest BCUT2D eigenvalue weighted by Gasteiger charge is -2.22. The van der Waals surface area contributed by atoms with Crippen LogP contribution in [0.5, 0.6) is 17.2 Å². The van der Waals surface area contributed by atoms with Crippen LogP contribution in [0.1, 0.15) is 11.6 Å². The summed E-state index contributed by atoms with van der Waals surface area (Å²) in [4.78, 5) is 29.2. The van der Waals surface area contributed by atoms with E-state index in [1.165, 1.54) is 19.3 Å².